The van der Waals surface area contributed by atoms with Gasteiger partial charge in [0.1, 0.15) is 18.3 Å². The third kappa shape index (κ3) is 9.42. The van der Waals surface area contributed by atoms with Gasteiger partial charge in [0.2, 0.25) is 0 Å². The van der Waals surface area contributed by atoms with Gasteiger partial charge in [-0.1, -0.05) is 106 Å². The third-order valence-corrected chi connectivity index (χ3v) is 17.0. The number of hydrogen-bond donors (Lipinski definition) is 7. The van der Waals surface area contributed by atoms with E-state index >= 15 is 4.79 Å². The van der Waals surface area contributed by atoms with Crippen LogP contribution in [0.1, 0.15) is 87.8 Å². The molecular weight excluding hydrogens is 883 g/mol. The number of fused-ring (bicyclic) bond motifs is 2. The first-order chi connectivity index (χ1) is 32.4. The number of nitrogens with one attached hydrogen (secondary N) is 2. The molecule has 5 aromatic carbocycles. The topological polar surface area (TPSA) is 175 Å². The number of allylic oxidation sites excluding steroid dienone is 2. The molecular formula is C54H58N3O8S2-. The number of hydrogen-bond acceptors (Lipinski definition) is 12. The Bertz CT molecular complexity index is 2770. The standard InChI is InChI=1S/C54H58N3O8S2/c1-53(63)29-57-31-65-52-45(60)15-11-35-26-54(19-17-47(49(35)52)67-66-30-53,36-21-33(27-55-2)22-37(58)24-36)48(62)25-46(61)43(23-32-18-20-56-28-32)40-12-13-41(50-42(40)14-16-44(59)51(50)64-3)39-10-6-8-34-7-4-5-9-38(34)39/h4-16,18,20-22,24,28,40-41,43,46-47,55,57-61,63H,17,19,23,25-27,29-31H2,1-3H3/q-1. The molecule has 0 spiro atoms. The van der Waals surface area contributed by atoms with Gasteiger partial charge in [0.15, 0.2) is 23.0 Å². The average Bonchev–Trinajstić information content (AvgIpc) is 3.76. The van der Waals surface area contributed by atoms with Crippen LogP contribution in [0.4, 0.5) is 0 Å². The molecule has 13 heteroatoms. The Balaban J connectivity index is 1.14. The van der Waals surface area contributed by atoms with Crippen LogP contribution < -0.4 is 25.1 Å². The number of ether oxygens (including phenoxy) is 2. The Morgan fingerprint density at radius 1 is 0.970 bits per heavy atom. The summed E-state index contributed by atoms with van der Waals surface area (Å²) in [6, 6.07) is 28.8. The number of carbonyl (C=O) groups is 1. The molecule has 0 saturated heterocycles. The number of nitrogens with zero attached hydrogens (tertiary/aromatic N) is 1. The minimum atomic E-state index is -1.22. The van der Waals surface area contributed by atoms with E-state index in [0.717, 1.165) is 49.7 Å². The lowest BCUT2D eigenvalue weighted by atomic mass is 9.66. The van der Waals surface area contributed by atoms with E-state index in [0.29, 0.717) is 55.2 Å². The summed E-state index contributed by atoms with van der Waals surface area (Å²) in [5.74, 6) is -0.177. The predicted molar refractivity (Wildman–Crippen MR) is 265 cm³/mol. The summed E-state index contributed by atoms with van der Waals surface area (Å²) in [4.78, 5) is 20.2. The summed E-state index contributed by atoms with van der Waals surface area (Å²) in [6.45, 7) is 2.60. The van der Waals surface area contributed by atoms with Gasteiger partial charge in [-0.25, -0.2) is 0 Å². The molecule has 6 aromatic rings. The Morgan fingerprint density at radius 2 is 1.79 bits per heavy atom. The largest absolute Gasteiger partial charge is 0.670 e. The zero-order valence-electron chi connectivity index (χ0n) is 37.9. The van der Waals surface area contributed by atoms with E-state index in [1.807, 2.05) is 49.5 Å². The van der Waals surface area contributed by atoms with Gasteiger partial charge in [-0.05, 0) is 108 Å². The fourth-order valence-corrected chi connectivity index (χ4v) is 13.9. The number of rotatable bonds is 12. The van der Waals surface area contributed by atoms with Crippen molar-refractivity contribution in [3.63, 3.8) is 0 Å². The average molecular weight is 941 g/mol. The van der Waals surface area contributed by atoms with Crippen LogP contribution in [0.3, 0.4) is 0 Å². The molecule has 0 amide bonds. The molecule has 2 aliphatic carbocycles. The maximum absolute atomic E-state index is 15.9. The van der Waals surface area contributed by atoms with Crippen molar-refractivity contribution < 1.29 is 39.8 Å². The minimum absolute atomic E-state index is 0.0108. The second-order valence-corrected chi connectivity index (χ2v) is 21.1. The van der Waals surface area contributed by atoms with Crippen LogP contribution in [0, 0.1) is 5.92 Å². The number of ketones is 1. The zero-order valence-corrected chi connectivity index (χ0v) is 39.6. The molecule has 350 valence electrons. The van der Waals surface area contributed by atoms with E-state index in [1.54, 1.807) is 72.3 Å². The monoisotopic (exact) mass is 940 g/mol. The van der Waals surface area contributed by atoms with Crippen LogP contribution in [0.25, 0.3) is 10.8 Å². The Hall–Kier alpha value is -5.41. The van der Waals surface area contributed by atoms with E-state index in [2.05, 4.69) is 52.0 Å². The second-order valence-electron chi connectivity index (χ2n) is 18.6. The molecule has 11 nitrogen and oxygen atoms in total. The molecule has 7 N–H and O–H groups in total. The van der Waals surface area contributed by atoms with Gasteiger partial charge in [0, 0.05) is 53.5 Å². The van der Waals surface area contributed by atoms with E-state index in [-0.39, 0.29) is 53.8 Å². The number of aliphatic hydroxyl groups is 2. The van der Waals surface area contributed by atoms with Crippen molar-refractivity contribution in [2.75, 3.05) is 33.2 Å². The van der Waals surface area contributed by atoms with E-state index in [1.165, 1.54) is 0 Å². The summed E-state index contributed by atoms with van der Waals surface area (Å²) < 4.78 is 12.3. The molecule has 0 bridgehead atoms. The van der Waals surface area contributed by atoms with Gasteiger partial charge in [0.05, 0.1) is 24.2 Å². The molecule has 3 aliphatic rings. The highest BCUT2D eigenvalue weighted by atomic mass is 33.1. The fraction of sp³-hybridized carbons (Fsp3) is 0.352. The van der Waals surface area contributed by atoms with Crippen LogP contribution in [0.5, 0.6) is 28.7 Å². The van der Waals surface area contributed by atoms with Crippen LogP contribution in [-0.4, -0.2) is 76.2 Å². The van der Waals surface area contributed by atoms with E-state index in [9.17, 15) is 25.5 Å². The van der Waals surface area contributed by atoms with E-state index < -0.39 is 29.0 Å². The molecule has 0 radical (unpaired) electrons. The van der Waals surface area contributed by atoms with Crippen molar-refractivity contribution in [1.29, 1.82) is 0 Å². The normalized spacial score (nSPS) is 23.7. The van der Waals surface area contributed by atoms with Crippen molar-refractivity contribution in [3.05, 3.63) is 160 Å². The summed E-state index contributed by atoms with van der Waals surface area (Å²) in [7, 11) is 6.54. The summed E-state index contributed by atoms with van der Waals surface area (Å²) in [5.41, 5.74) is 4.53. The van der Waals surface area contributed by atoms with Crippen molar-refractivity contribution in [2.24, 2.45) is 5.92 Å². The number of aliphatic hydroxyl groups excluding tert-OH is 1. The number of phenolic OH excluding ortho intramolecular Hbond substituents is 3. The summed E-state index contributed by atoms with van der Waals surface area (Å²) >= 11 is 0. The zero-order chi connectivity index (χ0) is 46.9. The van der Waals surface area contributed by atoms with Gasteiger partial charge in [-0.2, -0.15) is 12.4 Å². The summed E-state index contributed by atoms with van der Waals surface area (Å²) in [6.07, 6.45) is 7.97. The SMILES string of the molecule is CNCc1cc(O)cc(C2(C(=O)CC(O)C(Cc3cc[n-]c3)C3C=CC(c4cccc5ccccc45)c4c3ccc(O)c4OC)CCC3SSCC(C)(O)CNCOc4c(O)ccc(c43)C2)c1. The number of carbonyl (C=O) groups excluding carboxylic acids is 1. The highest BCUT2D eigenvalue weighted by molar-refractivity contribution is 8.76. The first-order valence-electron chi connectivity index (χ1n) is 22.9. The molecule has 67 heavy (non-hydrogen) atoms. The second kappa shape index (κ2) is 19.7. The smallest absolute Gasteiger partial charge is 0.167 e. The molecule has 1 aromatic heterocycles. The lowest BCUT2D eigenvalue weighted by Gasteiger charge is -2.38. The highest BCUT2D eigenvalue weighted by Crippen LogP contribution is 2.56. The number of methoxy groups -OCH3 is 1. The Labute approximate surface area is 399 Å². The maximum atomic E-state index is 15.9. The number of Topliss-reactive ketones (excluding diaryl/α,β-unsaturated/α-hetero) is 1. The molecule has 1 aliphatic heterocycles. The third-order valence-electron chi connectivity index (χ3n) is 13.9. The molecule has 9 rings (SSSR count). The summed E-state index contributed by atoms with van der Waals surface area (Å²) in [5, 5.41) is 66.2. The van der Waals surface area contributed by atoms with E-state index in [4.69, 9.17) is 9.47 Å². The first-order valence-corrected chi connectivity index (χ1v) is 25.3. The molecule has 0 fully saturated rings. The number of aromatic hydroxyl groups is 3. The highest BCUT2D eigenvalue weighted by Gasteiger charge is 2.47. The molecule has 7 unspecified atom stereocenters. The lowest BCUT2D eigenvalue weighted by molar-refractivity contribution is -0.127. The number of benzene rings is 5. The quantitative estimate of drug-likeness (QED) is 0.0459. The predicted octanol–water partition coefficient (Wildman–Crippen LogP) is 8.69. The first kappa shape index (κ1) is 46.7. The van der Waals surface area contributed by atoms with Crippen LogP contribution in [0.15, 0.2) is 116 Å². The van der Waals surface area contributed by atoms with Gasteiger partial charge < -0.3 is 45.3 Å². The van der Waals surface area contributed by atoms with Gasteiger partial charge >= 0.3 is 0 Å². The molecule has 0 saturated carbocycles. The van der Waals surface area contributed by atoms with Crippen LogP contribution in [-0.2, 0) is 29.6 Å². The Kier molecular flexibility index (Phi) is 13.7. The van der Waals surface area contributed by atoms with Gasteiger partial charge in [-0.3, -0.25) is 10.1 Å². The van der Waals surface area contributed by atoms with Crippen molar-refractivity contribution in [3.8, 4) is 28.7 Å². The van der Waals surface area contributed by atoms with Crippen LogP contribution in [0.2, 0.25) is 0 Å². The molecule has 2 heterocycles. The van der Waals surface area contributed by atoms with Crippen molar-refractivity contribution in [1.82, 2.24) is 15.6 Å². The molecule has 7 atom stereocenters. The fourth-order valence-electron chi connectivity index (χ4n) is 10.7. The minimum Gasteiger partial charge on any atom is -0.670 e. The van der Waals surface area contributed by atoms with Crippen molar-refractivity contribution >= 4 is 38.1 Å². The number of phenols is 3. The van der Waals surface area contributed by atoms with Gasteiger partial charge in [-0.15, -0.1) is 0 Å². The van der Waals surface area contributed by atoms with Crippen molar-refractivity contribution in [2.45, 2.75) is 79.8 Å². The number of β-amino-alcohol motifs (C(OH)–C–C–N with tert-alkyl or cyclic N) is 1. The van der Waals surface area contributed by atoms with Crippen LogP contribution >= 0.6 is 21.6 Å². The number of aromatic nitrogens is 1. The van der Waals surface area contributed by atoms with Gasteiger partial charge in [0.25, 0.3) is 0 Å². The Morgan fingerprint density at radius 3 is 2.60 bits per heavy atom. The maximum Gasteiger partial charge on any atom is 0.167 e. The lowest BCUT2D eigenvalue weighted by Crippen LogP contribution is -2.42.